The summed E-state index contributed by atoms with van der Waals surface area (Å²) in [6.07, 6.45) is 1.41. The monoisotopic (exact) mass is 301 g/mol. The Kier molecular flexibility index (Phi) is 3.76. The molecule has 18 heavy (non-hydrogen) atoms. The summed E-state index contributed by atoms with van der Waals surface area (Å²) in [5.41, 5.74) is 0.928. The minimum atomic E-state index is -1.12. The summed E-state index contributed by atoms with van der Waals surface area (Å²) in [6.45, 7) is 0. The first kappa shape index (κ1) is 13.1. The van der Waals surface area contributed by atoms with E-state index < -0.39 is 5.97 Å². The predicted molar refractivity (Wildman–Crippen MR) is 71.7 cm³/mol. The summed E-state index contributed by atoms with van der Waals surface area (Å²) in [4.78, 5) is 14.9. The predicted octanol–water partition coefficient (Wildman–Crippen LogP) is 4.41. The third kappa shape index (κ3) is 2.43. The van der Waals surface area contributed by atoms with Crippen LogP contribution in [0, 0.1) is 0 Å². The highest BCUT2D eigenvalue weighted by atomic mass is 35.5. The van der Waals surface area contributed by atoms with Gasteiger partial charge < -0.3 is 5.11 Å². The number of hydrogen-bond acceptors (Lipinski definition) is 2. The summed E-state index contributed by atoms with van der Waals surface area (Å²) in [7, 11) is 0. The summed E-state index contributed by atoms with van der Waals surface area (Å²) in [6, 6.07) is 6.38. The SMILES string of the molecule is O=C(O)c1ncccc1-c1cc(Cl)c(Cl)c(Cl)c1. The standard InChI is InChI=1S/C12H6Cl3NO2/c13-8-4-6(5-9(14)10(8)15)7-2-1-3-16-11(7)12(17)18/h1-5H,(H,17,18). The van der Waals surface area contributed by atoms with Gasteiger partial charge in [0.25, 0.3) is 0 Å². The van der Waals surface area contributed by atoms with Crippen LogP contribution in [0.5, 0.6) is 0 Å². The minimum absolute atomic E-state index is 0.0630. The van der Waals surface area contributed by atoms with Crippen molar-refractivity contribution in [3.8, 4) is 11.1 Å². The van der Waals surface area contributed by atoms with Crippen molar-refractivity contribution in [1.29, 1.82) is 0 Å². The van der Waals surface area contributed by atoms with Crippen molar-refractivity contribution in [2.24, 2.45) is 0 Å². The van der Waals surface area contributed by atoms with E-state index in [1.54, 1.807) is 24.3 Å². The lowest BCUT2D eigenvalue weighted by Gasteiger charge is -2.07. The maximum atomic E-state index is 11.1. The van der Waals surface area contributed by atoms with Crippen LogP contribution in [-0.4, -0.2) is 16.1 Å². The first-order valence-corrected chi connectivity index (χ1v) is 5.97. The highest BCUT2D eigenvalue weighted by molar-refractivity contribution is 6.48. The summed E-state index contributed by atoms with van der Waals surface area (Å²) in [5, 5.41) is 9.83. The largest absolute Gasteiger partial charge is 0.476 e. The van der Waals surface area contributed by atoms with Gasteiger partial charge >= 0.3 is 5.97 Å². The highest BCUT2D eigenvalue weighted by Crippen LogP contribution is 2.35. The van der Waals surface area contributed by atoms with E-state index in [0.717, 1.165) is 0 Å². The molecule has 1 aromatic carbocycles. The van der Waals surface area contributed by atoms with Crippen molar-refractivity contribution < 1.29 is 9.90 Å². The Morgan fingerprint density at radius 2 is 1.78 bits per heavy atom. The quantitative estimate of drug-likeness (QED) is 0.836. The van der Waals surface area contributed by atoms with Crippen LogP contribution in [-0.2, 0) is 0 Å². The van der Waals surface area contributed by atoms with Crippen molar-refractivity contribution in [2.45, 2.75) is 0 Å². The Hall–Kier alpha value is -1.29. The molecule has 0 amide bonds. The zero-order valence-corrected chi connectivity index (χ0v) is 11.1. The van der Waals surface area contributed by atoms with E-state index in [0.29, 0.717) is 11.1 Å². The molecule has 0 saturated heterocycles. The zero-order valence-electron chi connectivity index (χ0n) is 8.82. The number of pyridine rings is 1. The third-order valence-corrected chi connectivity index (χ3v) is 3.50. The number of carboxylic acid groups (broad SMARTS) is 1. The van der Waals surface area contributed by atoms with Gasteiger partial charge in [0.15, 0.2) is 5.69 Å². The third-order valence-electron chi connectivity index (χ3n) is 2.31. The van der Waals surface area contributed by atoms with Crippen LogP contribution in [0.15, 0.2) is 30.5 Å². The number of carboxylic acids is 1. The van der Waals surface area contributed by atoms with Crippen LogP contribution in [0.25, 0.3) is 11.1 Å². The molecule has 0 aliphatic rings. The Morgan fingerprint density at radius 3 is 2.33 bits per heavy atom. The van der Waals surface area contributed by atoms with Crippen molar-refractivity contribution in [2.75, 3.05) is 0 Å². The van der Waals surface area contributed by atoms with Crippen molar-refractivity contribution in [1.82, 2.24) is 4.98 Å². The molecule has 0 aliphatic heterocycles. The van der Waals surface area contributed by atoms with E-state index in [2.05, 4.69) is 4.98 Å². The van der Waals surface area contributed by atoms with Crippen molar-refractivity contribution >= 4 is 40.8 Å². The second-order valence-corrected chi connectivity index (χ2v) is 4.65. The molecule has 0 radical (unpaired) electrons. The second-order valence-electron chi connectivity index (χ2n) is 3.46. The number of halogens is 3. The van der Waals surface area contributed by atoms with Crippen molar-refractivity contribution in [3.63, 3.8) is 0 Å². The molecule has 1 aromatic heterocycles. The van der Waals surface area contributed by atoms with Crippen LogP contribution >= 0.6 is 34.8 Å². The smallest absolute Gasteiger partial charge is 0.355 e. The van der Waals surface area contributed by atoms with E-state index in [1.807, 2.05) is 0 Å². The van der Waals surface area contributed by atoms with Crippen LogP contribution in [0.2, 0.25) is 15.1 Å². The van der Waals surface area contributed by atoms with Gasteiger partial charge in [0.05, 0.1) is 15.1 Å². The molecule has 92 valence electrons. The molecular weight excluding hydrogens is 296 g/mol. The molecule has 0 unspecified atom stereocenters. The number of nitrogens with zero attached hydrogens (tertiary/aromatic N) is 1. The van der Waals surface area contributed by atoms with Gasteiger partial charge in [-0.05, 0) is 23.8 Å². The van der Waals surface area contributed by atoms with Gasteiger partial charge in [-0.2, -0.15) is 0 Å². The lowest BCUT2D eigenvalue weighted by atomic mass is 10.0. The topological polar surface area (TPSA) is 50.2 Å². The first-order valence-electron chi connectivity index (χ1n) is 4.84. The molecule has 6 heteroatoms. The molecule has 1 N–H and O–H groups in total. The average molecular weight is 303 g/mol. The fraction of sp³-hybridized carbons (Fsp3) is 0. The molecule has 2 aromatic rings. The Morgan fingerprint density at radius 1 is 1.17 bits per heavy atom. The minimum Gasteiger partial charge on any atom is -0.476 e. The zero-order chi connectivity index (χ0) is 13.3. The number of hydrogen-bond donors (Lipinski definition) is 1. The lowest BCUT2D eigenvalue weighted by Crippen LogP contribution is -2.02. The summed E-state index contributed by atoms with van der Waals surface area (Å²) in [5.74, 6) is -1.12. The van der Waals surface area contributed by atoms with Gasteiger partial charge in [0, 0.05) is 11.8 Å². The van der Waals surface area contributed by atoms with Crippen LogP contribution in [0.4, 0.5) is 0 Å². The van der Waals surface area contributed by atoms with Gasteiger partial charge in [-0.1, -0.05) is 40.9 Å². The normalized spacial score (nSPS) is 10.4. The molecule has 0 atom stereocenters. The van der Waals surface area contributed by atoms with Gasteiger partial charge in [0.2, 0.25) is 0 Å². The molecular formula is C12H6Cl3NO2. The van der Waals surface area contributed by atoms with Gasteiger partial charge in [-0.3, -0.25) is 0 Å². The molecule has 0 saturated carbocycles. The first-order chi connectivity index (χ1) is 8.50. The number of aromatic nitrogens is 1. The molecule has 1 heterocycles. The number of aromatic carboxylic acids is 1. The molecule has 3 nitrogen and oxygen atoms in total. The van der Waals surface area contributed by atoms with E-state index in [1.165, 1.54) is 6.20 Å². The molecule has 2 rings (SSSR count). The van der Waals surface area contributed by atoms with Crippen LogP contribution < -0.4 is 0 Å². The van der Waals surface area contributed by atoms with Gasteiger partial charge in [0.1, 0.15) is 0 Å². The van der Waals surface area contributed by atoms with E-state index >= 15 is 0 Å². The Bertz CT molecular complexity index is 605. The Balaban J connectivity index is 2.66. The highest BCUT2D eigenvalue weighted by Gasteiger charge is 2.15. The van der Waals surface area contributed by atoms with Crippen LogP contribution in [0.3, 0.4) is 0 Å². The Labute approximate surface area is 118 Å². The maximum Gasteiger partial charge on any atom is 0.355 e. The molecule has 0 bridgehead atoms. The van der Waals surface area contributed by atoms with Crippen LogP contribution in [0.1, 0.15) is 10.5 Å². The lowest BCUT2D eigenvalue weighted by molar-refractivity contribution is 0.0691. The second kappa shape index (κ2) is 5.14. The molecule has 0 fully saturated rings. The number of benzene rings is 1. The van der Waals surface area contributed by atoms with E-state index in [4.69, 9.17) is 39.9 Å². The molecule has 0 aliphatic carbocycles. The van der Waals surface area contributed by atoms with Gasteiger partial charge in [-0.25, -0.2) is 9.78 Å². The summed E-state index contributed by atoms with van der Waals surface area (Å²) >= 11 is 17.7. The number of rotatable bonds is 2. The fourth-order valence-electron chi connectivity index (χ4n) is 1.52. The fourth-order valence-corrected chi connectivity index (χ4v) is 2.12. The van der Waals surface area contributed by atoms with Crippen molar-refractivity contribution in [3.05, 3.63) is 51.2 Å². The average Bonchev–Trinajstić information content (AvgIpc) is 2.35. The van der Waals surface area contributed by atoms with E-state index in [9.17, 15) is 4.79 Å². The number of carbonyl (C=O) groups is 1. The molecule has 0 spiro atoms. The van der Waals surface area contributed by atoms with Gasteiger partial charge in [-0.15, -0.1) is 0 Å². The summed E-state index contributed by atoms with van der Waals surface area (Å²) < 4.78 is 0. The maximum absolute atomic E-state index is 11.1. The van der Waals surface area contributed by atoms with E-state index in [-0.39, 0.29) is 20.8 Å².